The van der Waals surface area contributed by atoms with E-state index in [-0.39, 0.29) is 5.91 Å². The van der Waals surface area contributed by atoms with Gasteiger partial charge in [-0.3, -0.25) is 4.79 Å². The van der Waals surface area contributed by atoms with Gasteiger partial charge in [-0.15, -0.1) is 11.3 Å². The fourth-order valence-corrected chi connectivity index (χ4v) is 3.14. The van der Waals surface area contributed by atoms with Crippen LogP contribution in [-0.4, -0.2) is 42.6 Å². The van der Waals surface area contributed by atoms with E-state index >= 15 is 0 Å². The zero-order chi connectivity index (χ0) is 18.4. The highest BCUT2D eigenvalue weighted by molar-refractivity contribution is 7.13. The van der Waals surface area contributed by atoms with Gasteiger partial charge in [-0.2, -0.15) is 0 Å². The van der Waals surface area contributed by atoms with Crippen molar-refractivity contribution in [2.24, 2.45) is 5.92 Å². The summed E-state index contributed by atoms with van der Waals surface area (Å²) in [4.78, 5) is 18.7. The summed E-state index contributed by atoms with van der Waals surface area (Å²) in [5, 5.41) is 2.61. The number of nitrogens with zero attached hydrogens (tertiary/aromatic N) is 2. The zero-order valence-corrected chi connectivity index (χ0v) is 16.4. The summed E-state index contributed by atoms with van der Waals surface area (Å²) < 4.78 is 11.2. The van der Waals surface area contributed by atoms with Crippen LogP contribution in [-0.2, 0) is 0 Å². The van der Waals surface area contributed by atoms with E-state index in [0.29, 0.717) is 37.1 Å². The summed E-state index contributed by atoms with van der Waals surface area (Å²) in [6.07, 6.45) is 0. The number of hydrogen-bond acceptors (Lipinski definition) is 5. The first-order valence-electron chi connectivity index (χ1n) is 8.56. The maximum Gasteiger partial charge on any atom is 0.273 e. The van der Waals surface area contributed by atoms with E-state index in [0.717, 1.165) is 16.3 Å². The molecule has 0 aliphatic rings. The molecule has 0 spiro atoms. The normalized spacial score (nSPS) is 10.8. The van der Waals surface area contributed by atoms with E-state index in [1.807, 2.05) is 37.4 Å². The summed E-state index contributed by atoms with van der Waals surface area (Å²) in [5.74, 6) is 1.80. The molecular formula is C19H26N2O3S. The Morgan fingerprint density at radius 3 is 2.56 bits per heavy atom. The zero-order valence-electron chi connectivity index (χ0n) is 15.5. The van der Waals surface area contributed by atoms with Gasteiger partial charge in [0, 0.05) is 24.0 Å². The SMILES string of the molecule is CCN(CC)C(=O)c1csc(-c2ccc(OCC(C)C)c(OC)c2)n1. The molecule has 0 saturated carbocycles. The van der Waals surface area contributed by atoms with Crippen molar-refractivity contribution in [1.29, 1.82) is 0 Å². The average Bonchev–Trinajstić information content (AvgIpc) is 3.10. The van der Waals surface area contributed by atoms with Crippen molar-refractivity contribution in [2.45, 2.75) is 27.7 Å². The second-order valence-corrected chi connectivity index (χ2v) is 6.94. The third-order valence-electron chi connectivity index (χ3n) is 3.76. The quantitative estimate of drug-likeness (QED) is 0.701. The molecular weight excluding hydrogens is 336 g/mol. The number of benzene rings is 1. The number of thiazole rings is 1. The van der Waals surface area contributed by atoms with Crippen molar-refractivity contribution in [2.75, 3.05) is 26.8 Å². The van der Waals surface area contributed by atoms with Crippen LogP contribution in [0.1, 0.15) is 38.2 Å². The molecule has 25 heavy (non-hydrogen) atoms. The minimum atomic E-state index is -0.0312. The monoisotopic (exact) mass is 362 g/mol. The van der Waals surface area contributed by atoms with E-state index < -0.39 is 0 Å². The Morgan fingerprint density at radius 1 is 1.24 bits per heavy atom. The summed E-state index contributed by atoms with van der Waals surface area (Å²) in [6.45, 7) is 10.1. The minimum Gasteiger partial charge on any atom is -0.493 e. The molecule has 2 rings (SSSR count). The summed E-state index contributed by atoms with van der Waals surface area (Å²) in [5.41, 5.74) is 1.40. The van der Waals surface area contributed by atoms with Crippen molar-refractivity contribution in [3.63, 3.8) is 0 Å². The molecule has 0 aliphatic carbocycles. The predicted octanol–water partition coefficient (Wildman–Crippen LogP) is 4.34. The molecule has 0 atom stereocenters. The molecule has 1 aromatic carbocycles. The maximum absolute atomic E-state index is 12.4. The summed E-state index contributed by atoms with van der Waals surface area (Å²) >= 11 is 1.46. The number of hydrogen-bond donors (Lipinski definition) is 0. The Labute approximate surface area is 153 Å². The van der Waals surface area contributed by atoms with Crippen molar-refractivity contribution < 1.29 is 14.3 Å². The molecule has 0 aliphatic heterocycles. The molecule has 5 nitrogen and oxygen atoms in total. The molecule has 0 unspecified atom stereocenters. The van der Waals surface area contributed by atoms with Gasteiger partial charge in [-0.25, -0.2) is 4.98 Å². The lowest BCUT2D eigenvalue weighted by Crippen LogP contribution is -2.30. The molecule has 1 amide bonds. The number of carbonyl (C=O) groups excluding carboxylic acids is 1. The first-order chi connectivity index (χ1) is 12.0. The van der Waals surface area contributed by atoms with Crippen LogP contribution in [0.3, 0.4) is 0 Å². The number of carbonyl (C=O) groups is 1. The number of methoxy groups -OCH3 is 1. The Kier molecular flexibility index (Phi) is 6.82. The Bertz CT molecular complexity index is 708. The van der Waals surface area contributed by atoms with E-state index in [4.69, 9.17) is 9.47 Å². The Balaban J connectivity index is 2.23. The number of amides is 1. The lowest BCUT2D eigenvalue weighted by molar-refractivity contribution is 0.0768. The van der Waals surface area contributed by atoms with Gasteiger partial charge in [0.15, 0.2) is 11.5 Å². The summed E-state index contributed by atoms with van der Waals surface area (Å²) in [7, 11) is 1.62. The fraction of sp³-hybridized carbons (Fsp3) is 0.474. The molecule has 6 heteroatoms. The van der Waals surface area contributed by atoms with Crippen LogP contribution in [0.2, 0.25) is 0 Å². The van der Waals surface area contributed by atoms with Gasteiger partial charge in [-0.05, 0) is 38.0 Å². The third kappa shape index (κ3) is 4.72. The minimum absolute atomic E-state index is 0.0312. The van der Waals surface area contributed by atoms with Crippen LogP contribution in [0.15, 0.2) is 23.6 Å². The van der Waals surface area contributed by atoms with Crippen molar-refractivity contribution in [3.05, 3.63) is 29.3 Å². The van der Waals surface area contributed by atoms with Gasteiger partial charge in [0.25, 0.3) is 5.91 Å². The molecule has 0 saturated heterocycles. The second kappa shape index (κ2) is 8.85. The topological polar surface area (TPSA) is 51.7 Å². The largest absolute Gasteiger partial charge is 0.493 e. The van der Waals surface area contributed by atoms with Crippen LogP contribution in [0.4, 0.5) is 0 Å². The molecule has 0 radical (unpaired) electrons. The molecule has 2 aromatic rings. The van der Waals surface area contributed by atoms with Crippen LogP contribution in [0.25, 0.3) is 10.6 Å². The number of aromatic nitrogens is 1. The van der Waals surface area contributed by atoms with Gasteiger partial charge >= 0.3 is 0 Å². The lowest BCUT2D eigenvalue weighted by atomic mass is 10.2. The number of rotatable bonds is 8. The van der Waals surface area contributed by atoms with Crippen molar-refractivity contribution in [3.8, 4) is 22.1 Å². The predicted molar refractivity (Wildman–Crippen MR) is 102 cm³/mol. The average molecular weight is 362 g/mol. The smallest absolute Gasteiger partial charge is 0.273 e. The van der Waals surface area contributed by atoms with E-state index in [9.17, 15) is 4.79 Å². The molecule has 1 aromatic heterocycles. The van der Waals surface area contributed by atoms with E-state index in [1.54, 1.807) is 12.0 Å². The van der Waals surface area contributed by atoms with E-state index in [2.05, 4.69) is 18.8 Å². The van der Waals surface area contributed by atoms with Gasteiger partial charge in [-0.1, -0.05) is 13.8 Å². The van der Waals surface area contributed by atoms with Gasteiger partial charge < -0.3 is 14.4 Å². The molecule has 0 fully saturated rings. The van der Waals surface area contributed by atoms with Crippen molar-refractivity contribution in [1.82, 2.24) is 9.88 Å². The third-order valence-corrected chi connectivity index (χ3v) is 4.65. The standard InChI is InChI=1S/C19H26N2O3S/c1-6-21(7-2)19(22)15-12-25-18(20-15)14-8-9-16(17(10-14)23-5)24-11-13(3)4/h8-10,12-13H,6-7,11H2,1-5H3. The maximum atomic E-state index is 12.4. The second-order valence-electron chi connectivity index (χ2n) is 6.09. The van der Waals surface area contributed by atoms with Crippen LogP contribution in [0, 0.1) is 5.92 Å². The van der Waals surface area contributed by atoms with Crippen molar-refractivity contribution >= 4 is 17.2 Å². The highest BCUT2D eigenvalue weighted by Crippen LogP contribution is 2.34. The lowest BCUT2D eigenvalue weighted by Gasteiger charge is -2.16. The number of ether oxygens (including phenoxy) is 2. The van der Waals surface area contributed by atoms with Crippen LogP contribution < -0.4 is 9.47 Å². The summed E-state index contributed by atoms with van der Waals surface area (Å²) in [6, 6.07) is 5.74. The van der Waals surface area contributed by atoms with E-state index in [1.165, 1.54) is 11.3 Å². The Hall–Kier alpha value is -2.08. The molecule has 1 heterocycles. The van der Waals surface area contributed by atoms with Gasteiger partial charge in [0.05, 0.1) is 13.7 Å². The highest BCUT2D eigenvalue weighted by atomic mass is 32.1. The highest BCUT2D eigenvalue weighted by Gasteiger charge is 2.17. The first-order valence-corrected chi connectivity index (χ1v) is 9.44. The molecule has 136 valence electrons. The first kappa shape index (κ1) is 19.2. The van der Waals surface area contributed by atoms with Crippen LogP contribution in [0.5, 0.6) is 11.5 Å². The fourth-order valence-electron chi connectivity index (χ4n) is 2.35. The van der Waals surface area contributed by atoms with Gasteiger partial charge in [0.2, 0.25) is 0 Å². The Morgan fingerprint density at radius 2 is 1.96 bits per heavy atom. The molecule has 0 N–H and O–H groups in total. The van der Waals surface area contributed by atoms with Crippen LogP contribution >= 0.6 is 11.3 Å². The molecule has 0 bridgehead atoms. The van der Waals surface area contributed by atoms with Gasteiger partial charge in [0.1, 0.15) is 10.7 Å².